The van der Waals surface area contributed by atoms with Crippen LogP contribution in [-0.2, 0) is 14.3 Å². The molecule has 2 amide bonds. The molecule has 1 aliphatic rings. The van der Waals surface area contributed by atoms with Crippen molar-refractivity contribution >= 4 is 45.9 Å². The predicted molar refractivity (Wildman–Crippen MR) is 68.3 cm³/mol. The third kappa shape index (κ3) is 2.54. The van der Waals surface area contributed by atoms with E-state index < -0.39 is 12.0 Å². The number of amides is 2. The zero-order valence-electron chi connectivity index (χ0n) is 10.1. The Morgan fingerprint density at radius 3 is 2.79 bits per heavy atom. The van der Waals surface area contributed by atoms with Gasteiger partial charge in [-0.15, -0.1) is 0 Å². The number of likely N-dealkylation sites (tertiary alicyclic amines) is 1. The first-order chi connectivity index (χ1) is 8.93. The second kappa shape index (κ2) is 5.14. The molecule has 19 heavy (non-hydrogen) atoms. The fourth-order valence-electron chi connectivity index (χ4n) is 1.60. The highest BCUT2D eigenvalue weighted by molar-refractivity contribution is 7.18. The van der Waals surface area contributed by atoms with E-state index in [-0.39, 0.29) is 28.3 Å². The van der Waals surface area contributed by atoms with Gasteiger partial charge in [-0.25, -0.2) is 9.78 Å². The fraction of sp³-hybridized carbons (Fsp3) is 0.400. The molecule has 0 radical (unpaired) electrons. The third-order valence-corrected chi connectivity index (χ3v) is 3.99. The van der Waals surface area contributed by atoms with Gasteiger partial charge in [0.05, 0.1) is 13.5 Å². The lowest BCUT2D eigenvalue weighted by atomic mass is 10.2. The first-order valence-corrected chi connectivity index (χ1v) is 6.45. The molecule has 0 spiro atoms. The maximum atomic E-state index is 11.7. The molecule has 9 heteroatoms. The molecule has 0 aromatic carbocycles. The van der Waals surface area contributed by atoms with E-state index in [9.17, 15) is 14.4 Å². The highest BCUT2D eigenvalue weighted by atomic mass is 35.5. The van der Waals surface area contributed by atoms with E-state index in [2.05, 4.69) is 15.0 Å². The van der Waals surface area contributed by atoms with E-state index in [0.717, 1.165) is 16.2 Å². The van der Waals surface area contributed by atoms with Crippen molar-refractivity contribution in [3.63, 3.8) is 0 Å². The van der Waals surface area contributed by atoms with Gasteiger partial charge in [0, 0.05) is 7.05 Å². The Hall–Kier alpha value is -1.67. The van der Waals surface area contributed by atoms with Gasteiger partial charge in [-0.1, -0.05) is 22.9 Å². The van der Waals surface area contributed by atoms with Crippen molar-refractivity contribution in [3.05, 3.63) is 10.0 Å². The number of nitrogens with one attached hydrogen (secondary N) is 1. The van der Waals surface area contributed by atoms with Crippen LogP contribution in [0.15, 0.2) is 0 Å². The van der Waals surface area contributed by atoms with E-state index in [4.69, 9.17) is 11.6 Å². The first-order valence-electron chi connectivity index (χ1n) is 5.25. The number of imide groups is 1. The van der Waals surface area contributed by atoms with E-state index in [1.165, 1.54) is 14.2 Å². The van der Waals surface area contributed by atoms with E-state index >= 15 is 0 Å². The monoisotopic (exact) mass is 303 g/mol. The molecule has 1 saturated heterocycles. The second-order valence-corrected chi connectivity index (χ2v) is 5.18. The van der Waals surface area contributed by atoms with Crippen molar-refractivity contribution in [2.24, 2.45) is 0 Å². The van der Waals surface area contributed by atoms with Gasteiger partial charge in [0.1, 0.15) is 6.04 Å². The molecule has 0 aliphatic carbocycles. The van der Waals surface area contributed by atoms with E-state index in [0.29, 0.717) is 5.13 Å². The molecule has 2 heterocycles. The van der Waals surface area contributed by atoms with Crippen LogP contribution in [0, 0.1) is 0 Å². The number of hydrogen-bond donors (Lipinski definition) is 1. The molecule has 1 atom stereocenters. The van der Waals surface area contributed by atoms with Crippen molar-refractivity contribution < 1.29 is 19.1 Å². The summed E-state index contributed by atoms with van der Waals surface area (Å²) in [4.78, 5) is 39.5. The SMILES string of the molecule is COC(=O)c1sc(NC2CC(=O)N(C)C2=O)nc1Cl. The summed E-state index contributed by atoms with van der Waals surface area (Å²) in [5.41, 5.74) is 0. The first kappa shape index (κ1) is 13.8. The van der Waals surface area contributed by atoms with E-state index in [1.54, 1.807) is 0 Å². The van der Waals surface area contributed by atoms with Crippen molar-refractivity contribution in [2.45, 2.75) is 12.5 Å². The summed E-state index contributed by atoms with van der Waals surface area (Å²) < 4.78 is 4.55. The van der Waals surface area contributed by atoms with Crippen LogP contribution < -0.4 is 5.32 Å². The van der Waals surface area contributed by atoms with Crippen LogP contribution in [0.2, 0.25) is 5.15 Å². The molecule has 1 aromatic heterocycles. The molecule has 0 saturated carbocycles. The molecule has 0 bridgehead atoms. The van der Waals surface area contributed by atoms with Gasteiger partial charge >= 0.3 is 5.97 Å². The van der Waals surface area contributed by atoms with Gasteiger partial charge < -0.3 is 10.1 Å². The average molecular weight is 304 g/mol. The predicted octanol–water partition coefficient (Wildman–Crippen LogP) is 0.752. The lowest BCUT2D eigenvalue weighted by molar-refractivity contribution is -0.136. The van der Waals surface area contributed by atoms with Crippen LogP contribution >= 0.6 is 22.9 Å². The van der Waals surface area contributed by atoms with Crippen molar-refractivity contribution in [2.75, 3.05) is 19.5 Å². The maximum Gasteiger partial charge on any atom is 0.351 e. The standard InChI is InChI=1S/C10H10ClN3O4S/c1-14-5(15)3-4(8(14)16)12-10-13-7(11)6(19-10)9(17)18-2/h4H,3H2,1-2H3,(H,12,13). The molecular weight excluding hydrogens is 294 g/mol. The maximum absolute atomic E-state index is 11.7. The number of likely N-dealkylation sites (N-methyl/N-ethyl adjacent to an activating group) is 1. The van der Waals surface area contributed by atoms with Crippen LogP contribution in [-0.4, -0.2) is 47.9 Å². The number of methoxy groups -OCH3 is 1. The number of rotatable bonds is 3. The Bertz CT molecular complexity index is 559. The van der Waals surface area contributed by atoms with Gasteiger partial charge in [0.2, 0.25) is 5.91 Å². The minimum Gasteiger partial charge on any atom is -0.465 e. The van der Waals surface area contributed by atoms with E-state index in [1.807, 2.05) is 0 Å². The number of thiazole rings is 1. The average Bonchev–Trinajstić information content (AvgIpc) is 2.85. The van der Waals surface area contributed by atoms with Crippen molar-refractivity contribution in [3.8, 4) is 0 Å². The highest BCUT2D eigenvalue weighted by Gasteiger charge is 2.36. The van der Waals surface area contributed by atoms with Crippen LogP contribution in [0.3, 0.4) is 0 Å². The molecule has 102 valence electrons. The summed E-state index contributed by atoms with van der Waals surface area (Å²) in [5.74, 6) is -1.20. The number of nitrogens with zero attached hydrogens (tertiary/aromatic N) is 2. The smallest absolute Gasteiger partial charge is 0.351 e. The molecule has 7 nitrogen and oxygen atoms in total. The number of carbonyl (C=O) groups is 3. The van der Waals surface area contributed by atoms with Crippen molar-refractivity contribution in [1.29, 1.82) is 0 Å². The summed E-state index contributed by atoms with van der Waals surface area (Å²) in [6.45, 7) is 0. The zero-order valence-corrected chi connectivity index (χ0v) is 11.7. The normalized spacial score (nSPS) is 18.9. The van der Waals surface area contributed by atoms with Gasteiger partial charge in [-0.2, -0.15) is 0 Å². The Kier molecular flexibility index (Phi) is 3.72. The molecule has 1 aromatic rings. The molecular formula is C10H10ClN3O4S. The summed E-state index contributed by atoms with van der Waals surface area (Å²) in [6.07, 6.45) is 0.0556. The molecule has 1 unspecified atom stereocenters. The Morgan fingerprint density at radius 1 is 1.58 bits per heavy atom. The number of aromatic nitrogens is 1. The lowest BCUT2D eigenvalue weighted by Crippen LogP contribution is -2.31. The molecule has 1 fully saturated rings. The minimum atomic E-state index is -0.676. The Labute approximate surface area is 117 Å². The number of esters is 1. The summed E-state index contributed by atoms with van der Waals surface area (Å²) >= 11 is 6.77. The van der Waals surface area contributed by atoms with Gasteiger partial charge in [0.15, 0.2) is 15.2 Å². The fourth-order valence-corrected chi connectivity index (χ4v) is 2.75. The second-order valence-electron chi connectivity index (χ2n) is 3.82. The number of carbonyl (C=O) groups excluding carboxylic acids is 3. The van der Waals surface area contributed by atoms with Crippen LogP contribution in [0.5, 0.6) is 0 Å². The van der Waals surface area contributed by atoms with Gasteiger partial charge in [0.25, 0.3) is 5.91 Å². The van der Waals surface area contributed by atoms with Crippen LogP contribution in [0.25, 0.3) is 0 Å². The summed E-state index contributed by atoms with van der Waals surface area (Å²) in [7, 11) is 2.65. The highest BCUT2D eigenvalue weighted by Crippen LogP contribution is 2.29. The molecule has 1 aliphatic heterocycles. The lowest BCUT2D eigenvalue weighted by Gasteiger charge is -2.09. The summed E-state index contributed by atoms with van der Waals surface area (Å²) in [5, 5.41) is 3.10. The summed E-state index contributed by atoms with van der Waals surface area (Å²) in [6, 6.07) is -0.676. The number of hydrogen-bond acceptors (Lipinski definition) is 7. The molecule has 2 rings (SSSR count). The Morgan fingerprint density at radius 2 is 2.26 bits per heavy atom. The number of anilines is 1. The topological polar surface area (TPSA) is 88.6 Å². The van der Waals surface area contributed by atoms with Gasteiger partial charge in [-0.3, -0.25) is 14.5 Å². The largest absolute Gasteiger partial charge is 0.465 e. The third-order valence-electron chi connectivity index (χ3n) is 2.64. The number of halogens is 1. The number of ether oxygens (including phenoxy) is 1. The van der Waals surface area contributed by atoms with Crippen molar-refractivity contribution in [1.82, 2.24) is 9.88 Å². The quantitative estimate of drug-likeness (QED) is 0.655. The van der Waals surface area contributed by atoms with Gasteiger partial charge in [-0.05, 0) is 0 Å². The van der Waals surface area contributed by atoms with Crippen LogP contribution in [0.1, 0.15) is 16.1 Å². The minimum absolute atomic E-state index is 0.00415. The van der Waals surface area contributed by atoms with Crippen LogP contribution in [0.4, 0.5) is 5.13 Å². The Balaban J connectivity index is 2.15. The zero-order chi connectivity index (χ0) is 14.2. The molecule has 1 N–H and O–H groups in total.